The van der Waals surface area contributed by atoms with Crippen LogP contribution in [0.3, 0.4) is 0 Å². The molecule has 4 heteroatoms. The Morgan fingerprint density at radius 3 is 2.57 bits per heavy atom. The lowest BCUT2D eigenvalue weighted by atomic mass is 10.2. The van der Waals surface area contributed by atoms with Gasteiger partial charge in [-0.25, -0.2) is 4.98 Å². The van der Waals surface area contributed by atoms with Gasteiger partial charge in [-0.3, -0.25) is 0 Å². The Balaban J connectivity index is 2.03. The molecule has 0 spiro atoms. The van der Waals surface area contributed by atoms with Crippen LogP contribution in [0.5, 0.6) is 0 Å². The summed E-state index contributed by atoms with van der Waals surface area (Å²) in [6.07, 6.45) is 6.82. The molecule has 1 atom stereocenters. The van der Waals surface area contributed by atoms with Crippen molar-refractivity contribution in [2.24, 2.45) is 0 Å². The molecule has 1 heterocycles. The predicted octanol–water partition coefficient (Wildman–Crippen LogP) is 6.60. The minimum Gasteiger partial charge on any atom is -0.230 e. The normalized spacial score (nSPS) is 13.7. The maximum Gasteiger partial charge on any atom is 0.151 e. The Labute approximate surface area is 138 Å². The minimum atomic E-state index is -1.15. The lowest BCUT2D eigenvalue weighted by Gasteiger charge is -2.27. The van der Waals surface area contributed by atoms with Crippen LogP contribution in [0.2, 0.25) is 19.6 Å². The number of para-hydroxylation sites is 1. The average Bonchev–Trinajstić information content (AvgIpc) is 2.83. The van der Waals surface area contributed by atoms with Crippen LogP contribution in [0.4, 0.5) is 0 Å². The third-order valence-electron chi connectivity index (χ3n) is 3.80. The maximum atomic E-state index is 4.81. The molecule has 1 aromatic heterocycles. The smallest absolute Gasteiger partial charge is 0.151 e. The Kier molecular flexibility index (Phi) is 6.32. The van der Waals surface area contributed by atoms with Crippen molar-refractivity contribution in [1.82, 2.24) is 4.98 Å². The number of aromatic nitrogens is 1. The Morgan fingerprint density at radius 1 is 1.14 bits per heavy atom. The summed E-state index contributed by atoms with van der Waals surface area (Å²) in [4.78, 5) is 5.60. The Hall–Kier alpha value is -0.323. The quantitative estimate of drug-likeness (QED) is 0.305. The van der Waals surface area contributed by atoms with Crippen molar-refractivity contribution in [3.8, 4) is 0 Å². The molecular formula is C17H27NS2Si. The zero-order valence-corrected chi connectivity index (χ0v) is 16.3. The Morgan fingerprint density at radius 2 is 1.90 bits per heavy atom. The summed E-state index contributed by atoms with van der Waals surface area (Å²) < 4.78 is 2.58. The molecule has 0 saturated carbocycles. The van der Waals surface area contributed by atoms with E-state index in [2.05, 4.69) is 50.8 Å². The van der Waals surface area contributed by atoms with Gasteiger partial charge in [-0.15, -0.1) is 11.3 Å². The second-order valence-corrected chi connectivity index (χ2v) is 15.1. The van der Waals surface area contributed by atoms with E-state index in [0.29, 0.717) is 0 Å². The summed E-state index contributed by atoms with van der Waals surface area (Å²) in [5, 5.41) is 0. The number of benzene rings is 1. The van der Waals surface area contributed by atoms with Gasteiger partial charge in [0.15, 0.2) is 4.34 Å². The van der Waals surface area contributed by atoms with E-state index in [9.17, 15) is 0 Å². The molecule has 0 aliphatic heterocycles. The van der Waals surface area contributed by atoms with E-state index in [1.807, 2.05) is 23.1 Å². The molecule has 2 rings (SSSR count). The standard InChI is InChI=1S/C17H27NS2Si/c1-5-6-7-8-13-16(21(2,3)4)20-17-18-14-11-9-10-12-15(14)19-17/h9-12,16H,5-8,13H2,1-4H3. The minimum absolute atomic E-state index is 0.787. The second kappa shape index (κ2) is 7.79. The lowest BCUT2D eigenvalue weighted by molar-refractivity contribution is 0.647. The molecule has 1 unspecified atom stereocenters. The van der Waals surface area contributed by atoms with E-state index in [-0.39, 0.29) is 0 Å². The molecule has 1 nitrogen and oxygen atoms in total. The summed E-state index contributed by atoms with van der Waals surface area (Å²) in [6, 6.07) is 8.50. The van der Waals surface area contributed by atoms with Gasteiger partial charge in [0.05, 0.1) is 18.3 Å². The zero-order chi connectivity index (χ0) is 15.3. The fourth-order valence-electron chi connectivity index (χ4n) is 2.45. The highest BCUT2D eigenvalue weighted by Gasteiger charge is 2.28. The number of unbranched alkanes of at least 4 members (excludes halogenated alkanes) is 3. The molecule has 116 valence electrons. The molecule has 1 aromatic carbocycles. The predicted molar refractivity (Wildman–Crippen MR) is 101 cm³/mol. The van der Waals surface area contributed by atoms with Crippen LogP contribution in [0.25, 0.3) is 10.2 Å². The number of hydrogen-bond acceptors (Lipinski definition) is 3. The lowest BCUT2D eigenvalue weighted by Crippen LogP contribution is -2.35. The van der Waals surface area contributed by atoms with Crippen LogP contribution < -0.4 is 0 Å². The molecule has 0 aliphatic carbocycles. The first-order valence-corrected chi connectivity index (χ1v) is 13.3. The maximum absolute atomic E-state index is 4.81. The van der Waals surface area contributed by atoms with Crippen LogP contribution >= 0.6 is 23.1 Å². The first-order valence-electron chi connectivity index (χ1n) is 8.03. The topological polar surface area (TPSA) is 12.9 Å². The van der Waals surface area contributed by atoms with E-state index in [0.717, 1.165) is 10.4 Å². The van der Waals surface area contributed by atoms with Crippen molar-refractivity contribution >= 4 is 41.4 Å². The van der Waals surface area contributed by atoms with E-state index in [4.69, 9.17) is 4.98 Å². The van der Waals surface area contributed by atoms with Crippen molar-refractivity contribution in [2.45, 2.75) is 67.9 Å². The van der Waals surface area contributed by atoms with Crippen LogP contribution in [0.15, 0.2) is 28.6 Å². The van der Waals surface area contributed by atoms with E-state index < -0.39 is 8.07 Å². The summed E-state index contributed by atoms with van der Waals surface area (Å²) in [7, 11) is -1.15. The number of hydrogen-bond donors (Lipinski definition) is 0. The van der Waals surface area contributed by atoms with Crippen molar-refractivity contribution in [3.63, 3.8) is 0 Å². The van der Waals surface area contributed by atoms with Crippen molar-refractivity contribution < 1.29 is 0 Å². The van der Waals surface area contributed by atoms with Gasteiger partial charge in [0, 0.05) is 4.87 Å². The largest absolute Gasteiger partial charge is 0.230 e. The van der Waals surface area contributed by atoms with Gasteiger partial charge >= 0.3 is 0 Å². The van der Waals surface area contributed by atoms with E-state index >= 15 is 0 Å². The van der Waals surface area contributed by atoms with E-state index in [1.54, 1.807) is 0 Å². The molecule has 0 amide bonds. The molecule has 0 radical (unpaired) electrons. The van der Waals surface area contributed by atoms with Crippen molar-refractivity contribution in [1.29, 1.82) is 0 Å². The monoisotopic (exact) mass is 337 g/mol. The average molecular weight is 338 g/mol. The van der Waals surface area contributed by atoms with Crippen LogP contribution in [0, 0.1) is 0 Å². The molecule has 0 fully saturated rings. The van der Waals surface area contributed by atoms with Crippen LogP contribution in [0.1, 0.15) is 39.0 Å². The van der Waals surface area contributed by atoms with Crippen LogP contribution in [-0.4, -0.2) is 17.9 Å². The van der Waals surface area contributed by atoms with E-state index in [1.165, 1.54) is 41.1 Å². The molecule has 0 N–H and O–H groups in total. The van der Waals surface area contributed by atoms with Gasteiger partial charge in [-0.1, -0.05) is 76.1 Å². The van der Waals surface area contributed by atoms with Gasteiger partial charge in [-0.05, 0) is 18.6 Å². The van der Waals surface area contributed by atoms with Crippen molar-refractivity contribution in [3.05, 3.63) is 24.3 Å². The second-order valence-electron chi connectivity index (χ2n) is 6.77. The van der Waals surface area contributed by atoms with Gasteiger partial charge in [0.2, 0.25) is 0 Å². The molecule has 0 saturated heterocycles. The molecule has 0 aliphatic rings. The first-order chi connectivity index (χ1) is 10.0. The summed E-state index contributed by atoms with van der Waals surface area (Å²) in [5.41, 5.74) is 1.16. The molecule has 2 aromatic rings. The molecule has 21 heavy (non-hydrogen) atoms. The highest BCUT2D eigenvalue weighted by molar-refractivity contribution is 8.03. The van der Waals surface area contributed by atoms with Crippen LogP contribution in [-0.2, 0) is 0 Å². The fraction of sp³-hybridized carbons (Fsp3) is 0.588. The summed E-state index contributed by atoms with van der Waals surface area (Å²) >= 11 is 3.91. The summed E-state index contributed by atoms with van der Waals surface area (Å²) in [6.45, 7) is 9.78. The fourth-order valence-corrected chi connectivity index (χ4v) is 7.71. The number of thioether (sulfide) groups is 1. The SMILES string of the molecule is CCCCCCC(Sc1nc2ccccc2s1)[Si](C)(C)C. The molecular weight excluding hydrogens is 310 g/mol. The highest BCUT2D eigenvalue weighted by atomic mass is 32.2. The first kappa shape index (κ1) is 17.0. The van der Waals surface area contributed by atoms with Crippen molar-refractivity contribution in [2.75, 3.05) is 0 Å². The third kappa shape index (κ3) is 5.11. The van der Waals surface area contributed by atoms with Gasteiger partial charge in [0.1, 0.15) is 0 Å². The number of nitrogens with zero attached hydrogens (tertiary/aromatic N) is 1. The number of rotatable bonds is 8. The number of fused-ring (bicyclic) bond motifs is 1. The third-order valence-corrected chi connectivity index (χ3v) is 10.7. The van der Waals surface area contributed by atoms with Gasteiger partial charge < -0.3 is 0 Å². The number of thiazole rings is 1. The highest BCUT2D eigenvalue weighted by Crippen LogP contribution is 2.37. The Bertz CT molecular complexity index is 526. The van der Waals surface area contributed by atoms with Gasteiger partial charge in [-0.2, -0.15) is 0 Å². The van der Waals surface area contributed by atoms with Gasteiger partial charge in [0.25, 0.3) is 0 Å². The summed E-state index contributed by atoms with van der Waals surface area (Å²) in [5.74, 6) is 0. The molecule has 0 bridgehead atoms. The zero-order valence-electron chi connectivity index (χ0n) is 13.7.